The third-order valence-electron chi connectivity index (χ3n) is 2.46. The zero-order valence-electron chi connectivity index (χ0n) is 10.1. The highest BCUT2D eigenvalue weighted by Crippen LogP contribution is 2.24. The second-order valence-electron chi connectivity index (χ2n) is 3.87. The van der Waals surface area contributed by atoms with Crippen molar-refractivity contribution in [2.45, 2.75) is 0 Å². The van der Waals surface area contributed by atoms with Gasteiger partial charge in [0.1, 0.15) is 16.5 Å². The minimum absolute atomic E-state index is 0.122. The van der Waals surface area contributed by atoms with Crippen molar-refractivity contribution in [2.75, 3.05) is 5.32 Å². The number of carbonyl (C=O) groups is 1. The molecule has 20 heavy (non-hydrogen) atoms. The molecular formula is C13H9BrFN3OS. The molecule has 0 aliphatic rings. The van der Waals surface area contributed by atoms with Gasteiger partial charge >= 0.3 is 0 Å². The van der Waals surface area contributed by atoms with Crippen LogP contribution < -0.4 is 11.1 Å². The van der Waals surface area contributed by atoms with Crippen LogP contribution in [-0.2, 0) is 0 Å². The Hall–Kier alpha value is -1.86. The number of anilines is 1. The number of thiocarbonyl (C=S) groups is 1. The Labute approximate surface area is 128 Å². The summed E-state index contributed by atoms with van der Waals surface area (Å²) in [6, 6.07) is 7.55. The number of amides is 1. The Morgan fingerprint density at radius 3 is 2.65 bits per heavy atom. The predicted molar refractivity (Wildman–Crippen MR) is 82.2 cm³/mol. The van der Waals surface area contributed by atoms with Crippen molar-refractivity contribution in [1.29, 1.82) is 0 Å². The lowest BCUT2D eigenvalue weighted by molar-refractivity contribution is 0.102. The summed E-state index contributed by atoms with van der Waals surface area (Å²) in [5.74, 6) is -0.933. The van der Waals surface area contributed by atoms with E-state index in [0.29, 0.717) is 15.7 Å². The summed E-state index contributed by atoms with van der Waals surface area (Å²) in [4.78, 5) is 15.9. The molecule has 3 N–H and O–H groups in total. The smallest absolute Gasteiger partial charge is 0.274 e. The molecule has 1 aromatic heterocycles. The lowest BCUT2D eigenvalue weighted by atomic mass is 10.2. The van der Waals surface area contributed by atoms with Crippen molar-refractivity contribution >= 4 is 44.7 Å². The molecule has 0 aliphatic heterocycles. The van der Waals surface area contributed by atoms with E-state index < -0.39 is 11.7 Å². The molecule has 2 aromatic rings. The van der Waals surface area contributed by atoms with Crippen molar-refractivity contribution in [2.24, 2.45) is 5.73 Å². The normalized spacial score (nSPS) is 10.1. The molecule has 4 nitrogen and oxygen atoms in total. The van der Waals surface area contributed by atoms with Gasteiger partial charge in [0.15, 0.2) is 0 Å². The highest BCUT2D eigenvalue weighted by atomic mass is 79.9. The largest absolute Gasteiger partial charge is 0.389 e. The van der Waals surface area contributed by atoms with Crippen LogP contribution in [0, 0.1) is 5.82 Å². The van der Waals surface area contributed by atoms with Crippen molar-refractivity contribution in [3.63, 3.8) is 0 Å². The first-order chi connectivity index (χ1) is 9.47. The summed E-state index contributed by atoms with van der Waals surface area (Å²) in [6.45, 7) is 0. The first-order valence-electron chi connectivity index (χ1n) is 5.49. The second-order valence-corrected chi connectivity index (χ2v) is 5.17. The number of carbonyl (C=O) groups excluding carboxylic acids is 1. The fourth-order valence-electron chi connectivity index (χ4n) is 1.47. The summed E-state index contributed by atoms with van der Waals surface area (Å²) >= 11 is 8.18. The molecule has 0 aliphatic carbocycles. The minimum Gasteiger partial charge on any atom is -0.389 e. The van der Waals surface area contributed by atoms with E-state index in [9.17, 15) is 9.18 Å². The van der Waals surface area contributed by atoms with Crippen molar-refractivity contribution in [3.8, 4) is 0 Å². The number of aromatic nitrogens is 1. The van der Waals surface area contributed by atoms with E-state index in [4.69, 9.17) is 18.0 Å². The quantitative estimate of drug-likeness (QED) is 0.832. The van der Waals surface area contributed by atoms with Crippen molar-refractivity contribution in [3.05, 3.63) is 58.1 Å². The Morgan fingerprint density at radius 2 is 2.10 bits per heavy atom. The molecule has 0 bridgehead atoms. The van der Waals surface area contributed by atoms with Gasteiger partial charge in [-0.1, -0.05) is 12.2 Å². The monoisotopic (exact) mass is 353 g/mol. The van der Waals surface area contributed by atoms with Gasteiger partial charge in [0.2, 0.25) is 0 Å². The number of nitrogens with zero attached hydrogens (tertiary/aromatic N) is 1. The molecule has 0 saturated heterocycles. The standard InChI is InChI=1S/C13H9BrFN3OS/c14-9-5-7(12(16)20)1-3-10(9)18-13(19)11-4-2-8(15)6-17-11/h1-6H,(H2,16,20)(H,18,19). The zero-order valence-corrected chi connectivity index (χ0v) is 12.5. The molecule has 0 unspecified atom stereocenters. The summed E-state index contributed by atoms with van der Waals surface area (Å²) < 4.78 is 13.4. The number of benzene rings is 1. The van der Waals surface area contributed by atoms with Crippen molar-refractivity contribution < 1.29 is 9.18 Å². The number of nitrogens with one attached hydrogen (secondary N) is 1. The molecule has 0 fully saturated rings. The molecule has 0 saturated carbocycles. The van der Waals surface area contributed by atoms with E-state index in [1.54, 1.807) is 18.2 Å². The molecule has 7 heteroatoms. The van der Waals surface area contributed by atoms with E-state index in [1.165, 1.54) is 12.1 Å². The highest BCUT2D eigenvalue weighted by molar-refractivity contribution is 9.10. The predicted octanol–water partition coefficient (Wildman–Crippen LogP) is 2.87. The van der Waals surface area contributed by atoms with E-state index in [-0.39, 0.29) is 10.7 Å². The van der Waals surface area contributed by atoms with Crippen LogP contribution in [0.2, 0.25) is 0 Å². The zero-order chi connectivity index (χ0) is 14.7. The lowest BCUT2D eigenvalue weighted by Crippen LogP contribution is -2.15. The SMILES string of the molecule is NC(=S)c1ccc(NC(=O)c2ccc(F)cn2)c(Br)c1. The number of halogens is 2. The average Bonchev–Trinajstić information content (AvgIpc) is 2.41. The van der Waals surface area contributed by atoms with Crippen molar-refractivity contribution in [1.82, 2.24) is 4.98 Å². The van der Waals surface area contributed by atoms with Crippen LogP contribution in [0.15, 0.2) is 41.0 Å². The average molecular weight is 354 g/mol. The third kappa shape index (κ3) is 3.37. The van der Waals surface area contributed by atoms with Gasteiger partial charge in [-0.25, -0.2) is 9.37 Å². The van der Waals surface area contributed by atoms with Crippen LogP contribution in [0.25, 0.3) is 0 Å². The first kappa shape index (κ1) is 14.5. The van der Waals surface area contributed by atoms with Crippen LogP contribution in [0.1, 0.15) is 16.1 Å². The summed E-state index contributed by atoms with van der Waals surface area (Å²) in [5.41, 5.74) is 6.87. The van der Waals surface area contributed by atoms with E-state index in [1.807, 2.05) is 0 Å². The molecule has 2 rings (SSSR count). The van der Waals surface area contributed by atoms with Gasteiger partial charge in [-0.15, -0.1) is 0 Å². The molecule has 1 heterocycles. The number of pyridine rings is 1. The molecule has 0 spiro atoms. The third-order valence-corrected chi connectivity index (χ3v) is 3.35. The van der Waals surface area contributed by atoms with Gasteiger partial charge in [-0.05, 0) is 46.3 Å². The fourth-order valence-corrected chi connectivity index (χ4v) is 2.07. The van der Waals surface area contributed by atoms with Gasteiger partial charge in [-0.2, -0.15) is 0 Å². The molecule has 102 valence electrons. The topological polar surface area (TPSA) is 68.0 Å². The Morgan fingerprint density at radius 1 is 1.35 bits per heavy atom. The van der Waals surface area contributed by atoms with Gasteiger partial charge < -0.3 is 11.1 Å². The maximum absolute atomic E-state index is 12.7. The number of hydrogen-bond donors (Lipinski definition) is 2. The second kappa shape index (κ2) is 6.06. The highest BCUT2D eigenvalue weighted by Gasteiger charge is 2.10. The number of nitrogens with two attached hydrogens (primary N) is 1. The Bertz CT molecular complexity index is 676. The van der Waals surface area contributed by atoms with E-state index in [2.05, 4.69) is 26.2 Å². The van der Waals surface area contributed by atoms with Gasteiger partial charge in [0.25, 0.3) is 5.91 Å². The fraction of sp³-hybridized carbons (Fsp3) is 0. The molecule has 1 aromatic carbocycles. The number of rotatable bonds is 3. The van der Waals surface area contributed by atoms with Gasteiger partial charge in [-0.3, -0.25) is 4.79 Å². The Balaban J connectivity index is 2.19. The van der Waals surface area contributed by atoms with Crippen LogP contribution in [-0.4, -0.2) is 15.9 Å². The number of hydrogen-bond acceptors (Lipinski definition) is 3. The van der Waals surface area contributed by atoms with E-state index >= 15 is 0 Å². The molecule has 1 amide bonds. The first-order valence-corrected chi connectivity index (χ1v) is 6.70. The summed E-state index contributed by atoms with van der Waals surface area (Å²) in [5, 5.41) is 2.66. The maximum atomic E-state index is 12.7. The summed E-state index contributed by atoms with van der Waals surface area (Å²) in [7, 11) is 0. The minimum atomic E-state index is -0.497. The van der Waals surface area contributed by atoms with E-state index in [0.717, 1.165) is 6.20 Å². The van der Waals surface area contributed by atoms with Gasteiger partial charge in [0, 0.05) is 10.0 Å². The van der Waals surface area contributed by atoms with Crippen LogP contribution in [0.5, 0.6) is 0 Å². The Kier molecular flexibility index (Phi) is 4.41. The van der Waals surface area contributed by atoms with Crippen LogP contribution >= 0.6 is 28.1 Å². The molecule has 0 atom stereocenters. The molecular weight excluding hydrogens is 345 g/mol. The van der Waals surface area contributed by atoms with Crippen LogP contribution in [0.4, 0.5) is 10.1 Å². The van der Waals surface area contributed by atoms with Gasteiger partial charge in [0.05, 0.1) is 11.9 Å². The molecule has 0 radical (unpaired) electrons. The maximum Gasteiger partial charge on any atom is 0.274 e. The summed E-state index contributed by atoms with van der Waals surface area (Å²) in [6.07, 6.45) is 0.986. The lowest BCUT2D eigenvalue weighted by Gasteiger charge is -2.08. The van der Waals surface area contributed by atoms with Crippen LogP contribution in [0.3, 0.4) is 0 Å².